The lowest BCUT2D eigenvalue weighted by molar-refractivity contribution is 0.609. The molecule has 0 atom stereocenters. The van der Waals surface area contributed by atoms with Crippen LogP contribution in [0.25, 0.3) is 12.7 Å². The SMILES string of the molecule is C=C(C=c1ccc(=O)n(C)c1=C)S(C)(=O)=O. The topological polar surface area (TPSA) is 56.1 Å². The monoisotopic (exact) mass is 239 g/mol. The van der Waals surface area contributed by atoms with E-state index in [0.29, 0.717) is 10.6 Å². The molecule has 0 spiro atoms. The Morgan fingerprint density at radius 3 is 2.50 bits per heavy atom. The Bertz CT molecular complexity index is 696. The van der Waals surface area contributed by atoms with Crippen molar-refractivity contribution in [2.24, 2.45) is 7.05 Å². The summed E-state index contributed by atoms with van der Waals surface area (Å²) in [7, 11) is -1.73. The van der Waals surface area contributed by atoms with Crippen molar-refractivity contribution in [3.8, 4) is 0 Å². The van der Waals surface area contributed by atoms with Gasteiger partial charge in [-0.25, -0.2) is 8.42 Å². The highest BCUT2D eigenvalue weighted by Gasteiger charge is 2.04. The van der Waals surface area contributed by atoms with Gasteiger partial charge in [0, 0.05) is 24.7 Å². The van der Waals surface area contributed by atoms with Crippen molar-refractivity contribution in [3.63, 3.8) is 0 Å². The maximum absolute atomic E-state index is 11.2. The van der Waals surface area contributed by atoms with Gasteiger partial charge in [0.15, 0.2) is 9.84 Å². The Hall–Kier alpha value is -1.62. The van der Waals surface area contributed by atoms with Crippen LogP contribution in [-0.2, 0) is 16.9 Å². The number of pyridine rings is 1. The Kier molecular flexibility index (Phi) is 3.19. The van der Waals surface area contributed by atoms with E-state index in [0.717, 1.165) is 6.26 Å². The van der Waals surface area contributed by atoms with Crippen LogP contribution in [0.4, 0.5) is 0 Å². The molecule has 0 unspecified atom stereocenters. The zero-order chi connectivity index (χ0) is 12.5. The first-order valence-corrected chi connectivity index (χ1v) is 6.38. The average Bonchev–Trinajstić information content (AvgIpc) is 2.17. The second-order valence-electron chi connectivity index (χ2n) is 3.52. The van der Waals surface area contributed by atoms with E-state index in [2.05, 4.69) is 13.2 Å². The van der Waals surface area contributed by atoms with E-state index >= 15 is 0 Å². The van der Waals surface area contributed by atoms with Gasteiger partial charge in [0.2, 0.25) is 0 Å². The third-order valence-corrected chi connectivity index (χ3v) is 3.34. The predicted octanol–water partition coefficient (Wildman–Crippen LogP) is -0.866. The molecule has 0 saturated heterocycles. The molecule has 0 radical (unpaired) electrons. The third kappa shape index (κ3) is 2.49. The number of allylic oxidation sites excluding steroid dienone is 1. The summed E-state index contributed by atoms with van der Waals surface area (Å²) in [4.78, 5) is 11.2. The molecule has 16 heavy (non-hydrogen) atoms. The molecular weight excluding hydrogens is 226 g/mol. The van der Waals surface area contributed by atoms with Gasteiger partial charge in [-0.15, -0.1) is 0 Å². The van der Waals surface area contributed by atoms with E-state index in [9.17, 15) is 13.2 Å². The summed E-state index contributed by atoms with van der Waals surface area (Å²) in [6.07, 6.45) is 2.48. The molecule has 0 amide bonds. The van der Waals surface area contributed by atoms with E-state index in [1.54, 1.807) is 7.05 Å². The van der Waals surface area contributed by atoms with Crippen molar-refractivity contribution < 1.29 is 8.42 Å². The molecule has 5 heteroatoms. The van der Waals surface area contributed by atoms with Gasteiger partial charge < -0.3 is 4.57 Å². The quantitative estimate of drug-likeness (QED) is 0.674. The molecule has 0 fully saturated rings. The lowest BCUT2D eigenvalue weighted by Crippen LogP contribution is -2.40. The molecule has 1 aromatic heterocycles. The van der Waals surface area contributed by atoms with E-state index in [-0.39, 0.29) is 10.5 Å². The summed E-state index contributed by atoms with van der Waals surface area (Å²) in [6.45, 7) is 7.17. The summed E-state index contributed by atoms with van der Waals surface area (Å²) >= 11 is 0. The van der Waals surface area contributed by atoms with E-state index in [1.807, 2.05) is 0 Å². The van der Waals surface area contributed by atoms with Crippen molar-refractivity contribution in [1.82, 2.24) is 4.57 Å². The number of aromatic nitrogens is 1. The lowest BCUT2D eigenvalue weighted by atomic mass is 10.3. The number of rotatable bonds is 2. The van der Waals surface area contributed by atoms with Crippen molar-refractivity contribution in [2.75, 3.05) is 6.26 Å². The highest BCUT2D eigenvalue weighted by atomic mass is 32.2. The maximum Gasteiger partial charge on any atom is 0.250 e. The highest BCUT2D eigenvalue weighted by molar-refractivity contribution is 7.95. The zero-order valence-corrected chi connectivity index (χ0v) is 10.0. The van der Waals surface area contributed by atoms with Crippen molar-refractivity contribution >= 4 is 22.5 Å². The van der Waals surface area contributed by atoms with Gasteiger partial charge in [-0.1, -0.05) is 13.2 Å². The van der Waals surface area contributed by atoms with Crippen LogP contribution in [-0.4, -0.2) is 19.2 Å². The minimum absolute atomic E-state index is 0.00366. The summed E-state index contributed by atoms with van der Waals surface area (Å²) in [5, 5.41) is 1.02. The van der Waals surface area contributed by atoms with Crippen molar-refractivity contribution in [2.45, 2.75) is 0 Å². The number of hydrogen-bond donors (Lipinski definition) is 0. The van der Waals surface area contributed by atoms with Crippen LogP contribution in [0.1, 0.15) is 0 Å². The molecule has 0 aromatic carbocycles. The van der Waals surface area contributed by atoms with E-state index in [4.69, 9.17) is 0 Å². The molecule has 86 valence electrons. The van der Waals surface area contributed by atoms with Gasteiger partial charge in [0.1, 0.15) is 0 Å². The van der Waals surface area contributed by atoms with Crippen molar-refractivity contribution in [1.29, 1.82) is 0 Å². The number of nitrogens with zero attached hydrogens (tertiary/aromatic N) is 1. The maximum atomic E-state index is 11.2. The van der Waals surface area contributed by atoms with Crippen LogP contribution >= 0.6 is 0 Å². The van der Waals surface area contributed by atoms with Gasteiger partial charge in [-0.05, 0) is 17.4 Å². The summed E-state index contributed by atoms with van der Waals surface area (Å²) < 4.78 is 23.7. The van der Waals surface area contributed by atoms with Gasteiger partial charge in [0.05, 0.1) is 4.91 Å². The Balaban J connectivity index is 3.55. The molecule has 4 nitrogen and oxygen atoms in total. The van der Waals surface area contributed by atoms with E-state index < -0.39 is 9.84 Å². The fraction of sp³-hybridized carbons (Fsp3) is 0.182. The lowest BCUT2D eigenvalue weighted by Gasteiger charge is -1.99. The largest absolute Gasteiger partial charge is 0.312 e. The summed E-state index contributed by atoms with van der Waals surface area (Å²) in [5.41, 5.74) is -0.188. The fourth-order valence-electron chi connectivity index (χ4n) is 1.11. The molecule has 1 aromatic rings. The van der Waals surface area contributed by atoms with Gasteiger partial charge in [-0.3, -0.25) is 4.79 Å². The van der Waals surface area contributed by atoms with Gasteiger partial charge in [-0.2, -0.15) is 0 Å². The van der Waals surface area contributed by atoms with Gasteiger partial charge >= 0.3 is 0 Å². The fourth-order valence-corrected chi connectivity index (χ4v) is 1.45. The molecule has 0 aliphatic carbocycles. The summed E-state index contributed by atoms with van der Waals surface area (Å²) in [5.74, 6) is 0. The van der Waals surface area contributed by atoms with Gasteiger partial charge in [0.25, 0.3) is 5.56 Å². The third-order valence-electron chi connectivity index (χ3n) is 2.27. The molecule has 0 aliphatic rings. The Morgan fingerprint density at radius 2 is 2.00 bits per heavy atom. The normalized spacial score (nSPS) is 12.8. The average molecular weight is 239 g/mol. The first kappa shape index (κ1) is 12.4. The minimum Gasteiger partial charge on any atom is -0.312 e. The second-order valence-corrected chi connectivity index (χ2v) is 5.58. The van der Waals surface area contributed by atoms with Crippen molar-refractivity contribution in [3.05, 3.63) is 44.5 Å². The molecule has 1 heterocycles. The van der Waals surface area contributed by atoms with Crippen LogP contribution in [0.3, 0.4) is 0 Å². The minimum atomic E-state index is -3.31. The van der Waals surface area contributed by atoms with Crippen LogP contribution in [0.5, 0.6) is 0 Å². The molecular formula is C11H13NO3S. The predicted molar refractivity (Wildman–Crippen MR) is 64.9 cm³/mol. The van der Waals surface area contributed by atoms with Crippen LogP contribution < -0.4 is 16.1 Å². The number of sulfone groups is 1. The molecule has 0 N–H and O–H groups in total. The standard InChI is InChI=1S/C11H13NO3S/c1-8(16(4,14)15)7-10-5-6-11(13)12(3)9(10)2/h5-7H,1-2H2,3-4H3. The molecule has 0 saturated carbocycles. The van der Waals surface area contributed by atoms with Crippen LogP contribution in [0.15, 0.2) is 28.4 Å². The first-order chi connectivity index (χ1) is 7.23. The number of hydrogen-bond acceptors (Lipinski definition) is 3. The summed E-state index contributed by atoms with van der Waals surface area (Å²) in [6, 6.07) is 2.89. The molecule has 1 rings (SSSR count). The Morgan fingerprint density at radius 1 is 1.44 bits per heavy atom. The van der Waals surface area contributed by atoms with Crippen LogP contribution in [0.2, 0.25) is 0 Å². The second kappa shape index (κ2) is 4.09. The van der Waals surface area contributed by atoms with E-state index in [1.165, 1.54) is 22.8 Å². The smallest absolute Gasteiger partial charge is 0.250 e. The molecule has 0 bridgehead atoms. The Labute approximate surface area is 93.8 Å². The van der Waals surface area contributed by atoms with Crippen LogP contribution in [0, 0.1) is 0 Å². The zero-order valence-electron chi connectivity index (χ0n) is 9.23. The highest BCUT2D eigenvalue weighted by Crippen LogP contribution is 2.00. The first-order valence-electron chi connectivity index (χ1n) is 4.49. The molecule has 0 aliphatic heterocycles.